The molecular weight excluding hydrogens is 260 g/mol. The van der Waals surface area contributed by atoms with E-state index >= 15 is 0 Å². The average Bonchev–Trinajstić information content (AvgIpc) is 2.56. The Hall–Kier alpha value is -3.05. The van der Waals surface area contributed by atoms with Crippen molar-refractivity contribution < 1.29 is 9.53 Å². The molecular formula is C19H12O2. The fraction of sp³-hybridized carbons (Fsp3) is 0. The van der Waals surface area contributed by atoms with E-state index in [1.165, 1.54) is 0 Å². The molecule has 0 aromatic heterocycles. The number of hydrogen-bond acceptors (Lipinski definition) is 2. The minimum Gasteiger partial charge on any atom is -0.456 e. The van der Waals surface area contributed by atoms with Gasteiger partial charge in [-0.1, -0.05) is 54.6 Å². The topological polar surface area (TPSA) is 26.3 Å². The molecule has 0 radical (unpaired) electrons. The lowest BCUT2D eigenvalue weighted by atomic mass is 10.0. The van der Waals surface area contributed by atoms with E-state index in [-0.39, 0.29) is 0 Å². The third kappa shape index (κ3) is 2.93. The molecule has 0 heterocycles. The molecule has 0 fully saturated rings. The first-order valence-corrected chi connectivity index (χ1v) is 6.57. The molecule has 0 aliphatic carbocycles. The fourth-order valence-corrected chi connectivity index (χ4v) is 2.06. The molecule has 21 heavy (non-hydrogen) atoms. The van der Waals surface area contributed by atoms with Gasteiger partial charge >= 0.3 is 0 Å². The van der Waals surface area contributed by atoms with Gasteiger partial charge in [-0.2, -0.15) is 0 Å². The van der Waals surface area contributed by atoms with Gasteiger partial charge in [0.15, 0.2) is 0 Å². The van der Waals surface area contributed by atoms with Crippen molar-refractivity contribution in [3.05, 3.63) is 84.4 Å². The summed E-state index contributed by atoms with van der Waals surface area (Å²) < 4.78 is 5.90. The van der Waals surface area contributed by atoms with Gasteiger partial charge in [0.2, 0.25) is 0 Å². The number of ether oxygens (including phenoxy) is 1. The smallest absolute Gasteiger partial charge is 0.150 e. The van der Waals surface area contributed by atoms with E-state index in [1.54, 1.807) is 24.3 Å². The van der Waals surface area contributed by atoms with Crippen LogP contribution in [-0.4, -0.2) is 6.29 Å². The number of rotatable bonds is 4. The average molecular weight is 272 g/mol. The third-order valence-corrected chi connectivity index (χ3v) is 3.10. The Bertz CT molecular complexity index is 731. The maximum Gasteiger partial charge on any atom is 0.150 e. The van der Waals surface area contributed by atoms with Gasteiger partial charge in [0.1, 0.15) is 17.8 Å². The maximum absolute atomic E-state index is 10.7. The molecule has 0 aliphatic heterocycles. The molecule has 0 atom stereocenters. The summed E-state index contributed by atoms with van der Waals surface area (Å²) in [4.78, 5) is 10.7. The van der Waals surface area contributed by atoms with E-state index in [0.29, 0.717) is 11.3 Å². The van der Waals surface area contributed by atoms with Crippen LogP contribution in [0.1, 0.15) is 10.4 Å². The molecule has 0 aliphatic rings. The van der Waals surface area contributed by atoms with Gasteiger partial charge in [-0.25, -0.2) is 0 Å². The predicted octanol–water partition coefficient (Wildman–Crippen LogP) is 4.56. The highest BCUT2D eigenvalue weighted by Crippen LogP contribution is 2.32. The van der Waals surface area contributed by atoms with Crippen molar-refractivity contribution in [2.45, 2.75) is 0 Å². The van der Waals surface area contributed by atoms with Crippen molar-refractivity contribution >= 4 is 6.29 Å². The van der Waals surface area contributed by atoms with Crippen LogP contribution in [0.25, 0.3) is 11.1 Å². The monoisotopic (exact) mass is 272 g/mol. The molecule has 0 bridgehead atoms. The second-order valence-corrected chi connectivity index (χ2v) is 4.51. The Morgan fingerprint density at radius 2 is 1.71 bits per heavy atom. The van der Waals surface area contributed by atoms with Crippen LogP contribution in [0, 0.1) is 12.1 Å². The number of carbonyl (C=O) groups is 1. The summed E-state index contributed by atoms with van der Waals surface area (Å²) in [6, 6.07) is 26.3. The maximum atomic E-state index is 10.7. The minimum atomic E-state index is 0.658. The summed E-state index contributed by atoms with van der Waals surface area (Å²) >= 11 is 0. The van der Waals surface area contributed by atoms with Crippen LogP contribution >= 0.6 is 0 Å². The van der Waals surface area contributed by atoms with Crippen LogP contribution < -0.4 is 4.74 Å². The first-order valence-electron chi connectivity index (χ1n) is 6.57. The van der Waals surface area contributed by atoms with Crippen LogP contribution in [0.4, 0.5) is 0 Å². The van der Waals surface area contributed by atoms with Crippen molar-refractivity contribution in [3.8, 4) is 22.6 Å². The molecule has 2 heteroatoms. The summed E-state index contributed by atoms with van der Waals surface area (Å²) in [7, 11) is 0. The zero-order valence-electron chi connectivity index (χ0n) is 11.2. The molecule has 0 saturated carbocycles. The van der Waals surface area contributed by atoms with Crippen LogP contribution in [0.2, 0.25) is 0 Å². The first kappa shape index (κ1) is 13.0. The molecule has 0 N–H and O–H groups in total. The third-order valence-electron chi connectivity index (χ3n) is 3.10. The van der Waals surface area contributed by atoms with E-state index < -0.39 is 0 Å². The van der Waals surface area contributed by atoms with E-state index in [1.807, 2.05) is 42.5 Å². The molecule has 3 rings (SSSR count). The van der Waals surface area contributed by atoms with Gasteiger partial charge in [-0.05, 0) is 23.8 Å². The number of aldehydes is 1. The first-order chi connectivity index (χ1) is 10.4. The summed E-state index contributed by atoms with van der Waals surface area (Å²) in [6.45, 7) is 0. The van der Waals surface area contributed by atoms with E-state index in [4.69, 9.17) is 4.74 Å². The predicted molar refractivity (Wildman–Crippen MR) is 81.5 cm³/mol. The highest BCUT2D eigenvalue weighted by molar-refractivity contribution is 5.78. The lowest BCUT2D eigenvalue weighted by molar-refractivity contribution is 0.112. The van der Waals surface area contributed by atoms with Crippen LogP contribution in [0.3, 0.4) is 0 Å². The number of benzene rings is 2. The number of para-hydroxylation sites is 1. The van der Waals surface area contributed by atoms with Crippen LogP contribution in [0.5, 0.6) is 11.5 Å². The summed E-state index contributed by atoms with van der Waals surface area (Å²) in [6.07, 6.45) is 0.836. The Morgan fingerprint density at radius 3 is 2.43 bits per heavy atom. The molecule has 2 nitrogen and oxygen atoms in total. The van der Waals surface area contributed by atoms with E-state index in [9.17, 15) is 4.79 Å². The zero-order chi connectivity index (χ0) is 14.5. The van der Waals surface area contributed by atoms with Crippen molar-refractivity contribution in [3.63, 3.8) is 0 Å². The number of hydrogen-bond donors (Lipinski definition) is 0. The van der Waals surface area contributed by atoms with Gasteiger partial charge in [-0.3, -0.25) is 4.79 Å². The summed E-state index contributed by atoms with van der Waals surface area (Å²) in [5.74, 6) is 1.47. The van der Waals surface area contributed by atoms with E-state index in [0.717, 1.165) is 23.2 Å². The summed E-state index contributed by atoms with van der Waals surface area (Å²) in [5, 5.41) is 0. The lowest BCUT2D eigenvalue weighted by Crippen LogP contribution is -1.88. The Kier molecular flexibility index (Phi) is 3.66. The van der Waals surface area contributed by atoms with Gasteiger partial charge in [0.05, 0.1) is 0 Å². The van der Waals surface area contributed by atoms with Crippen LogP contribution in [0.15, 0.2) is 66.7 Å². The van der Waals surface area contributed by atoms with Gasteiger partial charge in [0, 0.05) is 17.2 Å². The molecule has 0 unspecified atom stereocenters. The fourth-order valence-electron chi connectivity index (χ4n) is 2.06. The molecule has 100 valence electrons. The molecule has 0 amide bonds. The molecule has 3 aromatic carbocycles. The largest absolute Gasteiger partial charge is 0.456 e. The highest BCUT2D eigenvalue weighted by Gasteiger charge is 2.06. The van der Waals surface area contributed by atoms with Gasteiger partial charge in [-0.15, -0.1) is 0 Å². The Morgan fingerprint density at radius 1 is 0.905 bits per heavy atom. The highest BCUT2D eigenvalue weighted by atomic mass is 16.5. The SMILES string of the molecule is O=Cc1ccc(-c2ccccc2Oc2cc#ccc2)cc1. The standard InChI is InChI=1S/C19H12O2/c20-14-15-10-12-16(13-11-15)18-8-4-5-9-19(18)21-17-6-2-1-3-7-17/h2,4-14H. The van der Waals surface area contributed by atoms with Gasteiger partial charge < -0.3 is 4.74 Å². The molecule has 3 aromatic rings. The summed E-state index contributed by atoms with van der Waals surface area (Å²) in [5.41, 5.74) is 2.64. The zero-order valence-corrected chi connectivity index (χ0v) is 11.2. The number of carbonyl (C=O) groups excluding carboxylic acids is 1. The quantitative estimate of drug-likeness (QED) is 0.651. The minimum absolute atomic E-state index is 0.658. The van der Waals surface area contributed by atoms with Crippen molar-refractivity contribution in [2.24, 2.45) is 0 Å². The van der Waals surface area contributed by atoms with Gasteiger partial charge in [0.25, 0.3) is 0 Å². The second-order valence-electron chi connectivity index (χ2n) is 4.51. The molecule has 0 saturated heterocycles. The van der Waals surface area contributed by atoms with Crippen molar-refractivity contribution in [1.29, 1.82) is 0 Å². The Balaban J connectivity index is 1.97. The normalized spacial score (nSPS) is 9.71. The van der Waals surface area contributed by atoms with E-state index in [2.05, 4.69) is 12.1 Å². The second kappa shape index (κ2) is 5.94. The van der Waals surface area contributed by atoms with Crippen molar-refractivity contribution in [1.82, 2.24) is 0 Å². The molecule has 0 spiro atoms. The van der Waals surface area contributed by atoms with Crippen molar-refractivity contribution in [2.75, 3.05) is 0 Å². The lowest BCUT2D eigenvalue weighted by Gasteiger charge is -2.10. The Labute approximate surface area is 123 Å². The van der Waals surface area contributed by atoms with Crippen LogP contribution in [-0.2, 0) is 0 Å².